The van der Waals surface area contributed by atoms with Gasteiger partial charge in [-0.25, -0.2) is 0 Å². The van der Waals surface area contributed by atoms with E-state index < -0.39 is 8.32 Å². The lowest BCUT2D eigenvalue weighted by Crippen LogP contribution is -2.40. The molecule has 0 unspecified atom stereocenters. The van der Waals surface area contributed by atoms with Gasteiger partial charge in [0, 0.05) is 24.4 Å². The Morgan fingerprint density at radius 1 is 1.40 bits per heavy atom. The second-order valence-corrected chi connectivity index (χ2v) is 11.9. The van der Waals surface area contributed by atoms with E-state index >= 15 is 0 Å². The summed E-state index contributed by atoms with van der Waals surface area (Å²) in [5.74, 6) is 0.682. The highest BCUT2D eigenvalue weighted by atomic mass is 28.4. The van der Waals surface area contributed by atoms with Crippen molar-refractivity contribution >= 4 is 8.32 Å². The molecule has 112 valence electrons. The van der Waals surface area contributed by atoms with E-state index in [2.05, 4.69) is 24.9 Å². The van der Waals surface area contributed by atoms with Crippen molar-refractivity contribution in [1.29, 1.82) is 0 Å². The number of aliphatic hydroxyl groups excluding tert-OH is 1. The Hall–Kier alpha value is -0.713. The average molecular weight is 293 g/mol. The van der Waals surface area contributed by atoms with E-state index in [0.29, 0.717) is 11.8 Å². The minimum Gasteiger partial charge on any atom is -0.432 e. The maximum Gasteiger partial charge on any atom is 0.188 e. The first kappa shape index (κ1) is 15.7. The van der Waals surface area contributed by atoms with Gasteiger partial charge in [-0.3, -0.25) is 4.98 Å². The van der Waals surface area contributed by atoms with Gasteiger partial charge in [0.1, 0.15) is 0 Å². The van der Waals surface area contributed by atoms with Gasteiger partial charge >= 0.3 is 0 Å². The van der Waals surface area contributed by atoms with Crippen LogP contribution in [0, 0.1) is 5.92 Å². The summed E-state index contributed by atoms with van der Waals surface area (Å²) < 4.78 is 0. The lowest BCUT2D eigenvalue weighted by atomic mass is 9.76. The van der Waals surface area contributed by atoms with Crippen LogP contribution in [0.1, 0.15) is 43.9 Å². The summed E-state index contributed by atoms with van der Waals surface area (Å²) in [6.07, 6.45) is 4.72. The molecular weight excluding hydrogens is 266 g/mol. The number of pyridine rings is 1. The fraction of sp³-hybridized carbons (Fsp3) is 0.688. The third kappa shape index (κ3) is 3.13. The largest absolute Gasteiger partial charge is 0.432 e. The second-order valence-electron chi connectivity index (χ2n) is 7.38. The average Bonchev–Trinajstić information content (AvgIpc) is 2.36. The molecule has 0 amide bonds. The molecule has 0 fully saturated rings. The fourth-order valence-corrected chi connectivity index (χ4v) is 3.83. The molecule has 1 aliphatic carbocycles. The van der Waals surface area contributed by atoms with E-state index in [4.69, 9.17) is 0 Å². The number of fused-ring (bicyclic) bond motifs is 1. The van der Waals surface area contributed by atoms with Gasteiger partial charge in [-0.05, 0) is 54.9 Å². The molecule has 0 aliphatic heterocycles. The van der Waals surface area contributed by atoms with Gasteiger partial charge in [0.15, 0.2) is 8.32 Å². The molecule has 1 aromatic heterocycles. The second kappa shape index (κ2) is 5.58. The van der Waals surface area contributed by atoms with E-state index in [1.165, 1.54) is 11.3 Å². The van der Waals surface area contributed by atoms with Crippen LogP contribution in [-0.2, 0) is 6.42 Å². The quantitative estimate of drug-likeness (QED) is 0.839. The van der Waals surface area contributed by atoms with Crippen molar-refractivity contribution in [2.45, 2.75) is 57.2 Å². The third-order valence-corrected chi connectivity index (χ3v) is 8.63. The molecule has 1 aromatic rings. The molecule has 2 atom stereocenters. The Bertz CT molecular complexity index is 468. The van der Waals surface area contributed by atoms with E-state index in [1.54, 1.807) is 0 Å². The molecule has 2 N–H and O–H groups in total. The highest BCUT2D eigenvalue weighted by molar-refractivity contribution is 6.72. The van der Waals surface area contributed by atoms with Crippen LogP contribution in [0.2, 0.25) is 18.1 Å². The van der Waals surface area contributed by atoms with Crippen molar-refractivity contribution in [3.05, 3.63) is 29.6 Å². The van der Waals surface area contributed by atoms with Gasteiger partial charge < -0.3 is 9.90 Å². The van der Waals surface area contributed by atoms with Crippen LogP contribution < -0.4 is 0 Å². The summed E-state index contributed by atoms with van der Waals surface area (Å²) in [4.78, 5) is 15.1. The van der Waals surface area contributed by atoms with Crippen LogP contribution in [0.25, 0.3) is 0 Å². The Balaban J connectivity index is 2.27. The van der Waals surface area contributed by atoms with Crippen LogP contribution in [0.3, 0.4) is 0 Å². The Morgan fingerprint density at radius 3 is 2.70 bits per heavy atom. The first-order chi connectivity index (χ1) is 9.24. The molecule has 1 heterocycles. The zero-order valence-corrected chi connectivity index (χ0v) is 14.1. The van der Waals surface area contributed by atoms with E-state index in [-0.39, 0.29) is 11.6 Å². The highest BCUT2D eigenvalue weighted by Gasteiger charge is 2.41. The zero-order chi connectivity index (χ0) is 15.0. The summed E-state index contributed by atoms with van der Waals surface area (Å²) >= 11 is 0. The summed E-state index contributed by atoms with van der Waals surface area (Å²) in [5, 5.41) is 9.48. The van der Waals surface area contributed by atoms with E-state index in [9.17, 15) is 9.90 Å². The van der Waals surface area contributed by atoms with Gasteiger partial charge in [-0.2, -0.15) is 0 Å². The van der Waals surface area contributed by atoms with E-state index in [0.717, 1.165) is 19.3 Å². The van der Waals surface area contributed by atoms with Crippen molar-refractivity contribution in [2.75, 3.05) is 6.61 Å². The van der Waals surface area contributed by atoms with Gasteiger partial charge in [-0.15, -0.1) is 0 Å². The van der Waals surface area contributed by atoms with Crippen LogP contribution in [-0.4, -0.2) is 29.8 Å². The molecule has 1 aliphatic rings. The number of nitrogens with zero attached hydrogens (tertiary/aromatic N) is 1. The van der Waals surface area contributed by atoms with E-state index in [1.807, 2.05) is 25.4 Å². The fourth-order valence-electron chi connectivity index (χ4n) is 3.08. The van der Waals surface area contributed by atoms with Gasteiger partial charge in [0.05, 0.1) is 0 Å². The van der Waals surface area contributed by atoms with Crippen molar-refractivity contribution in [2.24, 2.45) is 5.92 Å². The van der Waals surface area contributed by atoms with Crippen LogP contribution >= 0.6 is 0 Å². The number of aliphatic hydroxyl groups is 1. The Morgan fingerprint density at radius 2 is 2.10 bits per heavy atom. The predicted molar refractivity (Wildman–Crippen MR) is 84.2 cm³/mol. The Labute approximate surface area is 123 Å². The molecule has 3 nitrogen and oxygen atoms in total. The molecule has 0 spiro atoms. The summed E-state index contributed by atoms with van der Waals surface area (Å²) in [6.45, 7) is 8.61. The number of hydrogen-bond donors (Lipinski definition) is 2. The van der Waals surface area contributed by atoms with Gasteiger partial charge in [0.2, 0.25) is 0 Å². The third-order valence-electron chi connectivity index (χ3n) is 5.11. The van der Waals surface area contributed by atoms with Crippen LogP contribution in [0.4, 0.5) is 0 Å². The molecule has 2 rings (SSSR count). The monoisotopic (exact) mass is 293 g/mol. The first-order valence-electron chi connectivity index (χ1n) is 7.51. The zero-order valence-electron chi connectivity index (χ0n) is 13.1. The SMILES string of the molecule is CC(C)(C[C@H]1C[C@H](CO)Cc2cccnc21)[Si](C)(C)O. The summed E-state index contributed by atoms with van der Waals surface area (Å²) in [5.41, 5.74) is 2.46. The van der Waals surface area contributed by atoms with Gasteiger partial charge in [0.25, 0.3) is 0 Å². The number of aromatic nitrogens is 1. The van der Waals surface area contributed by atoms with Crippen LogP contribution in [0.15, 0.2) is 18.3 Å². The minimum absolute atomic E-state index is 0.0518. The lowest BCUT2D eigenvalue weighted by molar-refractivity contribution is 0.197. The maximum absolute atomic E-state index is 10.5. The van der Waals surface area contributed by atoms with Crippen molar-refractivity contribution in [3.63, 3.8) is 0 Å². The summed E-state index contributed by atoms with van der Waals surface area (Å²) in [7, 11) is -2.21. The molecule has 0 saturated carbocycles. The molecule has 4 heteroatoms. The van der Waals surface area contributed by atoms with Crippen molar-refractivity contribution in [1.82, 2.24) is 4.98 Å². The van der Waals surface area contributed by atoms with Gasteiger partial charge in [-0.1, -0.05) is 19.9 Å². The Kier molecular flexibility index (Phi) is 4.37. The minimum atomic E-state index is -2.21. The first-order valence-corrected chi connectivity index (χ1v) is 10.5. The molecule has 0 saturated heterocycles. The molecular formula is C16H27NO2Si. The molecule has 20 heavy (non-hydrogen) atoms. The van der Waals surface area contributed by atoms with Crippen molar-refractivity contribution in [3.8, 4) is 0 Å². The predicted octanol–water partition coefficient (Wildman–Crippen LogP) is 3.09. The molecule has 0 radical (unpaired) electrons. The molecule has 0 bridgehead atoms. The van der Waals surface area contributed by atoms with Crippen molar-refractivity contribution < 1.29 is 9.90 Å². The number of hydrogen-bond acceptors (Lipinski definition) is 3. The van der Waals surface area contributed by atoms with Crippen LogP contribution in [0.5, 0.6) is 0 Å². The number of rotatable bonds is 4. The standard InChI is InChI=1S/C16H27NO2Si/c1-16(2,20(3,4)19)10-14-9-12(11-18)8-13-6-5-7-17-15(13)14/h5-7,12,14,18-19H,8-11H2,1-4H3/t12-,14-/m1/s1. The maximum atomic E-state index is 10.5. The smallest absolute Gasteiger partial charge is 0.188 e. The lowest BCUT2D eigenvalue weighted by Gasteiger charge is -2.40. The topological polar surface area (TPSA) is 53.4 Å². The molecule has 0 aromatic carbocycles. The highest BCUT2D eigenvalue weighted by Crippen LogP contribution is 2.47. The summed E-state index contributed by atoms with van der Waals surface area (Å²) in [6, 6.07) is 4.11. The normalized spacial score (nSPS) is 23.5.